The molecule has 1 aliphatic rings. The number of nitrogens with one attached hydrogen (secondary N) is 1. The average molecular weight is 427 g/mol. The molecule has 0 bridgehead atoms. The maximum absolute atomic E-state index is 12.0. The van der Waals surface area contributed by atoms with Crippen LogP contribution in [0.3, 0.4) is 0 Å². The van der Waals surface area contributed by atoms with E-state index >= 15 is 0 Å². The Morgan fingerprint density at radius 2 is 1.71 bits per heavy atom. The second-order valence-electron chi connectivity index (χ2n) is 8.29. The fraction of sp³-hybridized carbons (Fsp3) is 0.417. The maximum Gasteiger partial charge on any atom is 0.310 e. The van der Waals surface area contributed by atoms with E-state index in [0.29, 0.717) is 37.9 Å². The van der Waals surface area contributed by atoms with E-state index in [4.69, 9.17) is 18.9 Å². The van der Waals surface area contributed by atoms with Crippen molar-refractivity contribution in [3.8, 4) is 17.2 Å². The van der Waals surface area contributed by atoms with Gasteiger partial charge in [0.15, 0.2) is 18.1 Å². The van der Waals surface area contributed by atoms with Gasteiger partial charge in [-0.05, 0) is 40.8 Å². The molecule has 7 nitrogen and oxygen atoms in total. The molecule has 3 rings (SSSR count). The summed E-state index contributed by atoms with van der Waals surface area (Å²) in [6.07, 6.45) is 0.0532. The van der Waals surface area contributed by atoms with Crippen molar-refractivity contribution >= 4 is 11.9 Å². The molecule has 0 fully saturated rings. The van der Waals surface area contributed by atoms with Crippen LogP contribution < -0.4 is 19.5 Å². The lowest BCUT2D eigenvalue weighted by Gasteiger charge is -2.19. The van der Waals surface area contributed by atoms with E-state index in [1.54, 1.807) is 18.2 Å². The van der Waals surface area contributed by atoms with Crippen molar-refractivity contribution in [2.75, 3.05) is 33.0 Å². The number of carbonyl (C=O) groups excluding carboxylic acids is 2. The Hall–Kier alpha value is -3.22. The van der Waals surface area contributed by atoms with Crippen LogP contribution in [0.15, 0.2) is 42.5 Å². The van der Waals surface area contributed by atoms with Crippen LogP contribution in [-0.4, -0.2) is 44.8 Å². The number of ether oxygens (including phenoxy) is 4. The van der Waals surface area contributed by atoms with Crippen LogP contribution in [0.2, 0.25) is 0 Å². The molecule has 1 aliphatic heterocycles. The van der Waals surface area contributed by atoms with Gasteiger partial charge in [-0.2, -0.15) is 0 Å². The van der Waals surface area contributed by atoms with Crippen molar-refractivity contribution in [2.45, 2.75) is 32.6 Å². The fourth-order valence-corrected chi connectivity index (χ4v) is 3.02. The molecule has 1 N–H and O–H groups in total. The summed E-state index contributed by atoms with van der Waals surface area (Å²) >= 11 is 0. The highest BCUT2D eigenvalue weighted by atomic mass is 16.6. The molecule has 2 aromatic carbocycles. The zero-order chi connectivity index (χ0) is 22.3. The molecule has 31 heavy (non-hydrogen) atoms. The number of benzene rings is 2. The minimum Gasteiger partial charge on any atom is -0.492 e. The largest absolute Gasteiger partial charge is 0.492 e. The molecule has 0 saturated heterocycles. The molecule has 0 aliphatic carbocycles. The first-order chi connectivity index (χ1) is 14.8. The quantitative estimate of drug-likeness (QED) is 0.515. The van der Waals surface area contributed by atoms with E-state index in [-0.39, 0.29) is 24.3 Å². The van der Waals surface area contributed by atoms with Crippen molar-refractivity contribution in [2.24, 2.45) is 0 Å². The predicted octanol–water partition coefficient (Wildman–Crippen LogP) is 3.04. The molecule has 0 atom stereocenters. The van der Waals surface area contributed by atoms with Gasteiger partial charge in [-0.3, -0.25) is 9.59 Å². The average Bonchev–Trinajstić information content (AvgIpc) is 2.75. The topological polar surface area (TPSA) is 83.1 Å². The molecule has 2 aromatic rings. The lowest BCUT2D eigenvalue weighted by Crippen LogP contribution is -2.32. The molecule has 0 radical (unpaired) electrons. The van der Waals surface area contributed by atoms with Crippen molar-refractivity contribution in [3.63, 3.8) is 0 Å². The van der Waals surface area contributed by atoms with Crippen molar-refractivity contribution in [3.05, 3.63) is 53.6 Å². The number of hydrogen-bond donors (Lipinski definition) is 1. The minimum atomic E-state index is -0.484. The van der Waals surface area contributed by atoms with E-state index in [1.165, 1.54) is 5.56 Å². The molecule has 1 heterocycles. The Balaban J connectivity index is 1.32. The van der Waals surface area contributed by atoms with Gasteiger partial charge in [-0.25, -0.2) is 0 Å². The second kappa shape index (κ2) is 10.2. The van der Waals surface area contributed by atoms with E-state index in [2.05, 4.69) is 26.1 Å². The number of carbonyl (C=O) groups is 2. The SMILES string of the molecule is CC(C)(C)c1ccc(OCCNC(=O)COC(=O)Cc2ccc3c(c2)OCCO3)cc1. The van der Waals surface area contributed by atoms with Crippen LogP contribution in [0.25, 0.3) is 0 Å². The highest BCUT2D eigenvalue weighted by Gasteiger charge is 2.15. The normalized spacial score (nSPS) is 12.7. The summed E-state index contributed by atoms with van der Waals surface area (Å²) in [6, 6.07) is 13.2. The van der Waals surface area contributed by atoms with Gasteiger partial charge in [0.05, 0.1) is 13.0 Å². The number of esters is 1. The van der Waals surface area contributed by atoms with Gasteiger partial charge in [0.2, 0.25) is 0 Å². The van der Waals surface area contributed by atoms with Crippen LogP contribution in [0.1, 0.15) is 31.9 Å². The van der Waals surface area contributed by atoms with E-state index in [9.17, 15) is 9.59 Å². The smallest absolute Gasteiger partial charge is 0.310 e. The first kappa shape index (κ1) is 22.5. The monoisotopic (exact) mass is 427 g/mol. The number of amides is 1. The predicted molar refractivity (Wildman–Crippen MR) is 116 cm³/mol. The summed E-state index contributed by atoms with van der Waals surface area (Å²) in [5, 5.41) is 2.67. The van der Waals surface area contributed by atoms with Crippen molar-refractivity contribution < 1.29 is 28.5 Å². The van der Waals surface area contributed by atoms with Crippen molar-refractivity contribution in [1.29, 1.82) is 0 Å². The van der Waals surface area contributed by atoms with Gasteiger partial charge in [-0.1, -0.05) is 39.0 Å². The van der Waals surface area contributed by atoms with Gasteiger partial charge in [0.25, 0.3) is 5.91 Å². The lowest BCUT2D eigenvalue weighted by molar-refractivity contribution is -0.147. The Bertz CT molecular complexity index is 901. The highest BCUT2D eigenvalue weighted by molar-refractivity contribution is 5.81. The van der Waals surface area contributed by atoms with E-state index in [0.717, 1.165) is 11.3 Å². The molecule has 7 heteroatoms. The van der Waals surface area contributed by atoms with Gasteiger partial charge in [0.1, 0.15) is 25.6 Å². The summed E-state index contributed by atoms with van der Waals surface area (Å²) in [6.45, 7) is 7.77. The fourth-order valence-electron chi connectivity index (χ4n) is 3.02. The molecule has 0 aromatic heterocycles. The molecule has 1 amide bonds. The summed E-state index contributed by atoms with van der Waals surface area (Å²) in [7, 11) is 0. The molecular weight excluding hydrogens is 398 g/mol. The molecular formula is C24H29NO6. The first-order valence-electron chi connectivity index (χ1n) is 10.4. The summed E-state index contributed by atoms with van der Waals surface area (Å²) < 4.78 is 21.6. The molecule has 0 unspecified atom stereocenters. The van der Waals surface area contributed by atoms with Crippen LogP contribution in [0.5, 0.6) is 17.2 Å². The zero-order valence-corrected chi connectivity index (χ0v) is 18.2. The van der Waals surface area contributed by atoms with Crippen molar-refractivity contribution in [1.82, 2.24) is 5.32 Å². The number of hydrogen-bond acceptors (Lipinski definition) is 6. The van der Waals surface area contributed by atoms with Gasteiger partial charge >= 0.3 is 5.97 Å². The summed E-state index contributed by atoms with van der Waals surface area (Å²) in [4.78, 5) is 23.9. The Kier molecular flexibility index (Phi) is 7.39. The van der Waals surface area contributed by atoms with Crippen LogP contribution in [-0.2, 0) is 26.2 Å². The Morgan fingerprint density at radius 1 is 1.00 bits per heavy atom. The van der Waals surface area contributed by atoms with Crippen LogP contribution in [0, 0.1) is 0 Å². The minimum absolute atomic E-state index is 0.0532. The first-order valence-corrected chi connectivity index (χ1v) is 10.4. The van der Waals surface area contributed by atoms with Gasteiger partial charge in [0, 0.05) is 0 Å². The standard InChI is InChI=1S/C24H29NO6/c1-24(2,3)18-5-7-19(8-6-18)28-11-10-25-22(26)16-31-23(27)15-17-4-9-20-21(14-17)30-13-12-29-20/h4-9,14H,10-13,15-16H2,1-3H3,(H,25,26). The molecule has 166 valence electrons. The number of fused-ring (bicyclic) bond motifs is 1. The van der Waals surface area contributed by atoms with E-state index in [1.807, 2.05) is 24.3 Å². The second-order valence-corrected chi connectivity index (χ2v) is 8.29. The zero-order valence-electron chi connectivity index (χ0n) is 18.2. The Labute approximate surface area is 182 Å². The summed E-state index contributed by atoms with van der Waals surface area (Å²) in [5.74, 6) is 1.16. The lowest BCUT2D eigenvalue weighted by atomic mass is 9.87. The van der Waals surface area contributed by atoms with Crippen LogP contribution >= 0.6 is 0 Å². The molecule has 0 saturated carbocycles. The number of rotatable bonds is 8. The van der Waals surface area contributed by atoms with E-state index < -0.39 is 5.97 Å². The van der Waals surface area contributed by atoms with Gasteiger partial charge in [-0.15, -0.1) is 0 Å². The van der Waals surface area contributed by atoms with Gasteiger partial charge < -0.3 is 24.3 Å². The molecule has 0 spiro atoms. The maximum atomic E-state index is 12.0. The van der Waals surface area contributed by atoms with Crippen LogP contribution in [0.4, 0.5) is 0 Å². The third kappa shape index (κ3) is 6.91. The Morgan fingerprint density at radius 3 is 2.42 bits per heavy atom. The third-order valence-electron chi connectivity index (χ3n) is 4.73. The third-order valence-corrected chi connectivity index (χ3v) is 4.73. The summed E-state index contributed by atoms with van der Waals surface area (Å²) in [5.41, 5.74) is 2.05. The highest BCUT2D eigenvalue weighted by Crippen LogP contribution is 2.31.